The summed E-state index contributed by atoms with van der Waals surface area (Å²) >= 11 is 3.41. The van der Waals surface area contributed by atoms with E-state index in [1.54, 1.807) is 6.92 Å². The third-order valence-corrected chi connectivity index (χ3v) is 4.37. The van der Waals surface area contributed by atoms with Crippen molar-refractivity contribution in [1.29, 1.82) is 0 Å². The second kappa shape index (κ2) is 6.99. The zero-order chi connectivity index (χ0) is 14.5. The topological polar surface area (TPSA) is 49.4 Å². The Morgan fingerprint density at radius 3 is 2.55 bits per heavy atom. The molecule has 1 saturated heterocycles. The van der Waals surface area contributed by atoms with Crippen LogP contribution in [0.15, 0.2) is 28.7 Å². The smallest absolute Gasteiger partial charge is 0.238 e. The van der Waals surface area contributed by atoms with Gasteiger partial charge >= 0.3 is 0 Å². The summed E-state index contributed by atoms with van der Waals surface area (Å²) in [4.78, 5) is 25.4. The van der Waals surface area contributed by atoms with Crippen molar-refractivity contribution in [3.05, 3.63) is 28.7 Å². The molecule has 2 rings (SSSR count). The van der Waals surface area contributed by atoms with E-state index in [0.717, 1.165) is 36.1 Å². The number of rotatable bonds is 4. The van der Waals surface area contributed by atoms with Gasteiger partial charge in [0, 0.05) is 10.4 Å². The SMILES string of the molecule is CC(=O)C1CCN(CC(=O)Nc2ccccc2Br)CC1. The number of amides is 1. The maximum Gasteiger partial charge on any atom is 0.238 e. The molecule has 1 aromatic carbocycles. The van der Waals surface area contributed by atoms with E-state index in [0.29, 0.717) is 6.54 Å². The van der Waals surface area contributed by atoms with Crippen LogP contribution in [0, 0.1) is 5.92 Å². The number of nitrogens with one attached hydrogen (secondary N) is 1. The normalized spacial score (nSPS) is 16.9. The van der Waals surface area contributed by atoms with Gasteiger partial charge in [0.1, 0.15) is 5.78 Å². The summed E-state index contributed by atoms with van der Waals surface area (Å²) in [6, 6.07) is 7.56. The fraction of sp³-hybridized carbons (Fsp3) is 0.467. The lowest BCUT2D eigenvalue weighted by Crippen LogP contribution is -2.40. The number of anilines is 1. The summed E-state index contributed by atoms with van der Waals surface area (Å²) in [6.45, 7) is 3.66. The van der Waals surface area contributed by atoms with Crippen LogP contribution in [0.5, 0.6) is 0 Å². The van der Waals surface area contributed by atoms with Gasteiger partial charge in [-0.25, -0.2) is 0 Å². The Labute approximate surface area is 127 Å². The van der Waals surface area contributed by atoms with Crippen LogP contribution in [0.1, 0.15) is 19.8 Å². The second-order valence-corrected chi connectivity index (χ2v) is 6.04. The number of benzene rings is 1. The summed E-state index contributed by atoms with van der Waals surface area (Å²) in [5.74, 6) is 0.429. The van der Waals surface area contributed by atoms with Gasteiger partial charge in [-0.2, -0.15) is 0 Å². The highest BCUT2D eigenvalue weighted by atomic mass is 79.9. The molecule has 4 nitrogen and oxygen atoms in total. The molecule has 0 aliphatic carbocycles. The highest BCUT2D eigenvalue weighted by Gasteiger charge is 2.23. The number of hydrogen-bond acceptors (Lipinski definition) is 3. The van der Waals surface area contributed by atoms with Crippen LogP contribution in [0.2, 0.25) is 0 Å². The molecule has 1 amide bonds. The molecule has 0 saturated carbocycles. The van der Waals surface area contributed by atoms with Gasteiger partial charge in [-0.05, 0) is 60.9 Å². The third-order valence-electron chi connectivity index (χ3n) is 3.68. The zero-order valence-electron chi connectivity index (χ0n) is 11.6. The van der Waals surface area contributed by atoms with E-state index in [9.17, 15) is 9.59 Å². The Kier molecular flexibility index (Phi) is 5.31. The lowest BCUT2D eigenvalue weighted by Gasteiger charge is -2.30. The number of halogens is 1. The first-order valence-electron chi connectivity index (χ1n) is 6.83. The molecule has 108 valence electrons. The third kappa shape index (κ3) is 4.15. The molecule has 1 fully saturated rings. The number of Topliss-reactive ketones (excluding diaryl/α,β-unsaturated/α-hetero) is 1. The summed E-state index contributed by atoms with van der Waals surface area (Å²) in [5, 5.41) is 2.90. The fourth-order valence-corrected chi connectivity index (χ4v) is 2.84. The number of piperidine rings is 1. The lowest BCUT2D eigenvalue weighted by atomic mass is 9.93. The summed E-state index contributed by atoms with van der Waals surface area (Å²) in [7, 11) is 0. The van der Waals surface area contributed by atoms with E-state index in [1.807, 2.05) is 24.3 Å². The first kappa shape index (κ1) is 15.2. The Morgan fingerprint density at radius 2 is 1.95 bits per heavy atom. The highest BCUT2D eigenvalue weighted by Crippen LogP contribution is 2.21. The number of para-hydroxylation sites is 1. The molecule has 0 unspecified atom stereocenters. The van der Waals surface area contributed by atoms with Gasteiger partial charge in [0.15, 0.2) is 0 Å². The van der Waals surface area contributed by atoms with E-state index >= 15 is 0 Å². The number of hydrogen-bond donors (Lipinski definition) is 1. The van der Waals surface area contributed by atoms with Crippen LogP contribution < -0.4 is 5.32 Å². The largest absolute Gasteiger partial charge is 0.324 e. The first-order chi connectivity index (χ1) is 9.56. The van der Waals surface area contributed by atoms with Crippen LogP contribution in [0.3, 0.4) is 0 Å². The highest BCUT2D eigenvalue weighted by molar-refractivity contribution is 9.10. The Balaban J connectivity index is 1.81. The van der Waals surface area contributed by atoms with Crippen molar-refractivity contribution in [2.75, 3.05) is 25.0 Å². The van der Waals surface area contributed by atoms with Gasteiger partial charge in [-0.1, -0.05) is 12.1 Å². The van der Waals surface area contributed by atoms with Gasteiger partial charge in [-0.3, -0.25) is 14.5 Å². The van der Waals surface area contributed by atoms with E-state index in [4.69, 9.17) is 0 Å². The molecular weight excluding hydrogens is 320 g/mol. The number of carbonyl (C=O) groups is 2. The van der Waals surface area contributed by atoms with Crippen molar-refractivity contribution < 1.29 is 9.59 Å². The monoisotopic (exact) mass is 338 g/mol. The minimum atomic E-state index is -0.0156. The molecule has 20 heavy (non-hydrogen) atoms. The summed E-state index contributed by atoms with van der Waals surface area (Å²) in [6.07, 6.45) is 1.72. The Morgan fingerprint density at radius 1 is 1.30 bits per heavy atom. The van der Waals surface area contributed by atoms with Crippen LogP contribution in [-0.4, -0.2) is 36.2 Å². The van der Waals surface area contributed by atoms with Crippen molar-refractivity contribution in [1.82, 2.24) is 4.90 Å². The number of carbonyl (C=O) groups excluding carboxylic acids is 2. The van der Waals surface area contributed by atoms with Gasteiger partial charge in [0.05, 0.1) is 12.2 Å². The maximum atomic E-state index is 12.0. The van der Waals surface area contributed by atoms with Gasteiger partial charge in [-0.15, -0.1) is 0 Å². The standard InChI is InChI=1S/C15H19BrN2O2/c1-11(19)12-6-8-18(9-7-12)10-15(20)17-14-5-3-2-4-13(14)16/h2-5,12H,6-10H2,1H3,(H,17,20). The van der Waals surface area contributed by atoms with E-state index < -0.39 is 0 Å². The molecule has 0 atom stereocenters. The van der Waals surface area contributed by atoms with E-state index in [-0.39, 0.29) is 17.6 Å². The van der Waals surface area contributed by atoms with Crippen molar-refractivity contribution in [2.24, 2.45) is 5.92 Å². The molecule has 1 N–H and O–H groups in total. The predicted molar refractivity (Wildman–Crippen MR) is 82.6 cm³/mol. The Hall–Kier alpha value is -1.20. The van der Waals surface area contributed by atoms with Crippen LogP contribution in [0.25, 0.3) is 0 Å². The second-order valence-electron chi connectivity index (χ2n) is 5.19. The molecule has 0 bridgehead atoms. The maximum absolute atomic E-state index is 12.0. The molecule has 1 heterocycles. The van der Waals surface area contributed by atoms with Crippen molar-refractivity contribution in [2.45, 2.75) is 19.8 Å². The molecule has 5 heteroatoms. The molecular formula is C15H19BrN2O2. The quantitative estimate of drug-likeness (QED) is 0.918. The van der Waals surface area contributed by atoms with Crippen molar-refractivity contribution in [3.63, 3.8) is 0 Å². The Bertz CT molecular complexity index is 496. The molecule has 1 aliphatic heterocycles. The van der Waals surface area contributed by atoms with E-state index in [2.05, 4.69) is 26.1 Å². The summed E-state index contributed by atoms with van der Waals surface area (Å²) < 4.78 is 0.878. The fourth-order valence-electron chi connectivity index (χ4n) is 2.45. The molecule has 0 spiro atoms. The van der Waals surface area contributed by atoms with Crippen LogP contribution in [-0.2, 0) is 9.59 Å². The van der Waals surface area contributed by atoms with Crippen molar-refractivity contribution in [3.8, 4) is 0 Å². The van der Waals surface area contributed by atoms with Crippen LogP contribution in [0.4, 0.5) is 5.69 Å². The minimum absolute atomic E-state index is 0.0156. The molecule has 0 radical (unpaired) electrons. The molecule has 1 aliphatic rings. The van der Waals surface area contributed by atoms with Gasteiger partial charge in [0.2, 0.25) is 5.91 Å². The predicted octanol–water partition coefficient (Wildman–Crippen LogP) is 2.69. The van der Waals surface area contributed by atoms with Crippen molar-refractivity contribution >= 4 is 33.3 Å². The van der Waals surface area contributed by atoms with Gasteiger partial charge < -0.3 is 5.32 Å². The average molecular weight is 339 g/mol. The summed E-state index contributed by atoms with van der Waals surface area (Å²) in [5.41, 5.74) is 0.788. The average Bonchev–Trinajstić information content (AvgIpc) is 2.42. The number of ketones is 1. The molecule has 0 aromatic heterocycles. The van der Waals surface area contributed by atoms with E-state index in [1.165, 1.54) is 0 Å². The lowest BCUT2D eigenvalue weighted by molar-refractivity contribution is -0.122. The van der Waals surface area contributed by atoms with Crippen LogP contribution >= 0.6 is 15.9 Å². The minimum Gasteiger partial charge on any atom is -0.324 e. The number of likely N-dealkylation sites (tertiary alicyclic amines) is 1. The first-order valence-corrected chi connectivity index (χ1v) is 7.62. The zero-order valence-corrected chi connectivity index (χ0v) is 13.1. The van der Waals surface area contributed by atoms with Gasteiger partial charge in [0.25, 0.3) is 0 Å². The number of nitrogens with zero attached hydrogens (tertiary/aromatic N) is 1. The molecule has 1 aromatic rings.